The van der Waals surface area contributed by atoms with Gasteiger partial charge in [-0.15, -0.1) is 0 Å². The van der Waals surface area contributed by atoms with Crippen LogP contribution in [0.5, 0.6) is 0 Å². The first-order chi connectivity index (χ1) is 17.5. The van der Waals surface area contributed by atoms with E-state index in [1.807, 2.05) is 13.0 Å². The van der Waals surface area contributed by atoms with E-state index in [0.29, 0.717) is 25.0 Å². The lowest BCUT2D eigenvalue weighted by atomic mass is 10.0. The largest absolute Gasteiger partial charge is 0.300 e. The number of allylic oxidation sites excluding steroid dienone is 9. The molecule has 0 aliphatic carbocycles. The van der Waals surface area contributed by atoms with Gasteiger partial charge in [0.05, 0.1) is 0 Å². The standard InChI is InChI=1S/C33H53NO3/c1-9-32(36)34(10-2)33(37)30(7)24-14-22-28(5)20-12-18-26(3)16-11-17-27(4)19-13-21-29(6)23-15-25-31(8)35/h16,19-20,23-24H,9-15,17-18,21-22,25H2,1-8H3. The van der Waals surface area contributed by atoms with E-state index in [4.69, 9.17) is 0 Å². The molecule has 4 nitrogen and oxygen atoms in total. The van der Waals surface area contributed by atoms with Gasteiger partial charge < -0.3 is 4.79 Å². The fraction of sp³-hybridized carbons (Fsp3) is 0.606. The highest BCUT2D eigenvalue weighted by Crippen LogP contribution is 2.15. The van der Waals surface area contributed by atoms with Gasteiger partial charge in [0.15, 0.2) is 0 Å². The molecule has 37 heavy (non-hydrogen) atoms. The molecule has 0 aliphatic rings. The van der Waals surface area contributed by atoms with Gasteiger partial charge in [0.1, 0.15) is 5.78 Å². The van der Waals surface area contributed by atoms with Gasteiger partial charge >= 0.3 is 0 Å². The van der Waals surface area contributed by atoms with Crippen molar-refractivity contribution in [2.75, 3.05) is 6.54 Å². The number of hydrogen-bond acceptors (Lipinski definition) is 3. The van der Waals surface area contributed by atoms with E-state index < -0.39 is 0 Å². The monoisotopic (exact) mass is 511 g/mol. The zero-order valence-electron chi connectivity index (χ0n) is 25.0. The number of amides is 2. The summed E-state index contributed by atoms with van der Waals surface area (Å²) in [5.74, 6) is -0.0322. The molecular weight excluding hydrogens is 458 g/mol. The highest BCUT2D eigenvalue weighted by Gasteiger charge is 2.18. The summed E-state index contributed by atoms with van der Waals surface area (Å²) in [7, 11) is 0. The Bertz CT molecular complexity index is 883. The van der Waals surface area contributed by atoms with Crippen LogP contribution in [0, 0.1) is 0 Å². The van der Waals surface area contributed by atoms with Gasteiger partial charge in [-0.3, -0.25) is 14.5 Å². The lowest BCUT2D eigenvalue weighted by molar-refractivity contribution is -0.142. The summed E-state index contributed by atoms with van der Waals surface area (Å²) >= 11 is 0. The fourth-order valence-corrected chi connectivity index (χ4v) is 4.01. The van der Waals surface area contributed by atoms with E-state index >= 15 is 0 Å². The first-order valence-electron chi connectivity index (χ1n) is 14.1. The number of carbonyl (C=O) groups is 3. The molecule has 2 amide bonds. The van der Waals surface area contributed by atoms with Crippen molar-refractivity contribution in [2.24, 2.45) is 0 Å². The first kappa shape index (κ1) is 34.5. The minimum absolute atomic E-state index is 0.118. The molecular formula is C33H53NO3. The van der Waals surface area contributed by atoms with Crippen LogP contribution in [0.3, 0.4) is 0 Å². The van der Waals surface area contributed by atoms with Crippen LogP contribution in [-0.4, -0.2) is 29.0 Å². The molecule has 0 radical (unpaired) electrons. The van der Waals surface area contributed by atoms with Gasteiger partial charge in [-0.05, 0) is 106 Å². The predicted octanol–water partition coefficient (Wildman–Crippen LogP) is 8.99. The molecule has 0 heterocycles. The number of carbonyl (C=O) groups excluding carboxylic acids is 3. The summed E-state index contributed by atoms with van der Waals surface area (Å²) < 4.78 is 0. The van der Waals surface area contributed by atoms with Crippen molar-refractivity contribution >= 4 is 17.6 Å². The molecule has 0 unspecified atom stereocenters. The predicted molar refractivity (Wildman–Crippen MR) is 158 cm³/mol. The molecule has 0 aromatic carbocycles. The molecule has 0 aromatic heterocycles. The van der Waals surface area contributed by atoms with E-state index in [1.54, 1.807) is 20.8 Å². The van der Waals surface area contributed by atoms with Crippen molar-refractivity contribution in [1.82, 2.24) is 4.90 Å². The maximum absolute atomic E-state index is 12.5. The van der Waals surface area contributed by atoms with Crippen molar-refractivity contribution in [3.05, 3.63) is 58.2 Å². The lowest BCUT2D eigenvalue weighted by Gasteiger charge is -2.18. The number of Topliss-reactive ketones (excluding diaryl/α,β-unsaturated/α-hetero) is 1. The Morgan fingerprint density at radius 3 is 1.22 bits per heavy atom. The third-order valence-electron chi connectivity index (χ3n) is 6.58. The van der Waals surface area contributed by atoms with Gasteiger partial charge in [-0.25, -0.2) is 0 Å². The van der Waals surface area contributed by atoms with Crippen LogP contribution < -0.4 is 0 Å². The van der Waals surface area contributed by atoms with Crippen LogP contribution >= 0.6 is 0 Å². The quantitative estimate of drug-likeness (QED) is 0.136. The molecule has 0 aliphatic heterocycles. The Hall–Kier alpha value is -2.49. The maximum atomic E-state index is 12.5. The molecule has 0 saturated carbocycles. The van der Waals surface area contributed by atoms with Gasteiger partial charge in [-0.1, -0.05) is 59.6 Å². The smallest absolute Gasteiger partial charge is 0.255 e. The average Bonchev–Trinajstić information content (AvgIpc) is 2.83. The molecule has 0 fully saturated rings. The third kappa shape index (κ3) is 17.6. The number of nitrogens with zero attached hydrogens (tertiary/aromatic N) is 1. The minimum Gasteiger partial charge on any atom is -0.300 e. The first-order valence-corrected chi connectivity index (χ1v) is 14.1. The van der Waals surface area contributed by atoms with Crippen LogP contribution in [0.1, 0.15) is 126 Å². The summed E-state index contributed by atoms with van der Waals surface area (Å²) in [6.45, 7) is 16.2. The average molecular weight is 512 g/mol. The number of likely N-dealkylation sites (N-methyl/N-ethyl adjacent to an activating group) is 1. The molecule has 0 rings (SSSR count). The molecule has 208 valence electrons. The van der Waals surface area contributed by atoms with E-state index in [9.17, 15) is 14.4 Å². The second-order valence-electron chi connectivity index (χ2n) is 10.3. The summed E-state index contributed by atoms with van der Waals surface area (Å²) in [4.78, 5) is 36.7. The summed E-state index contributed by atoms with van der Waals surface area (Å²) in [6, 6.07) is 0. The van der Waals surface area contributed by atoms with Crippen LogP contribution in [0.4, 0.5) is 0 Å². The SMILES string of the molecule is CCC(=O)N(CC)C(=O)C(C)=CCCC(C)=CCCC(C)=CCCC(C)=CCCC(C)=CCCC(C)=O. The topological polar surface area (TPSA) is 54.5 Å². The highest BCUT2D eigenvalue weighted by molar-refractivity contribution is 6.03. The summed E-state index contributed by atoms with van der Waals surface area (Å²) in [5, 5.41) is 0. The molecule has 0 spiro atoms. The summed E-state index contributed by atoms with van der Waals surface area (Å²) in [5.41, 5.74) is 6.24. The molecule has 0 atom stereocenters. The number of rotatable bonds is 18. The molecule has 0 N–H and O–H groups in total. The van der Waals surface area contributed by atoms with Crippen molar-refractivity contribution in [3.8, 4) is 0 Å². The van der Waals surface area contributed by atoms with Gasteiger partial charge in [-0.2, -0.15) is 0 Å². The zero-order valence-corrected chi connectivity index (χ0v) is 25.0. The number of imide groups is 1. The van der Waals surface area contributed by atoms with E-state index in [-0.39, 0.29) is 17.6 Å². The third-order valence-corrected chi connectivity index (χ3v) is 6.58. The van der Waals surface area contributed by atoms with E-state index in [1.165, 1.54) is 27.2 Å². The van der Waals surface area contributed by atoms with Crippen molar-refractivity contribution < 1.29 is 14.4 Å². The second-order valence-corrected chi connectivity index (χ2v) is 10.3. The van der Waals surface area contributed by atoms with Crippen LogP contribution in [0.2, 0.25) is 0 Å². The van der Waals surface area contributed by atoms with E-state index in [0.717, 1.165) is 57.8 Å². The normalized spacial score (nSPS) is 13.7. The highest BCUT2D eigenvalue weighted by atomic mass is 16.2. The molecule has 0 saturated heterocycles. The Labute approximate surface area is 227 Å². The number of ketones is 1. The van der Waals surface area contributed by atoms with Crippen molar-refractivity contribution in [3.63, 3.8) is 0 Å². The zero-order chi connectivity index (χ0) is 28.2. The van der Waals surface area contributed by atoms with Gasteiger partial charge in [0, 0.05) is 25.0 Å². The van der Waals surface area contributed by atoms with Crippen LogP contribution in [0.25, 0.3) is 0 Å². The Kier molecular flexibility index (Phi) is 19.2. The fourth-order valence-electron chi connectivity index (χ4n) is 4.01. The summed E-state index contributed by atoms with van der Waals surface area (Å²) in [6.07, 6.45) is 21.2. The Balaban J connectivity index is 4.35. The van der Waals surface area contributed by atoms with Crippen LogP contribution in [0.15, 0.2) is 58.2 Å². The van der Waals surface area contributed by atoms with Gasteiger partial charge in [0.25, 0.3) is 5.91 Å². The van der Waals surface area contributed by atoms with Crippen molar-refractivity contribution in [2.45, 2.75) is 126 Å². The second kappa shape index (κ2) is 20.6. The minimum atomic E-state index is -0.171. The molecule has 4 heteroatoms. The molecule has 0 aromatic rings. The van der Waals surface area contributed by atoms with Gasteiger partial charge in [0.2, 0.25) is 5.91 Å². The molecule has 0 bridgehead atoms. The maximum Gasteiger partial charge on any atom is 0.255 e. The van der Waals surface area contributed by atoms with Crippen LogP contribution in [-0.2, 0) is 14.4 Å². The van der Waals surface area contributed by atoms with E-state index in [2.05, 4.69) is 52.0 Å². The Morgan fingerprint density at radius 2 is 0.892 bits per heavy atom. The number of hydrogen-bond donors (Lipinski definition) is 0. The van der Waals surface area contributed by atoms with Crippen molar-refractivity contribution in [1.29, 1.82) is 0 Å². The Morgan fingerprint density at radius 1 is 0.541 bits per heavy atom. The lowest BCUT2D eigenvalue weighted by Crippen LogP contribution is -2.36.